The van der Waals surface area contributed by atoms with Crippen LogP contribution < -0.4 is 10.1 Å². The van der Waals surface area contributed by atoms with E-state index < -0.39 is 12.1 Å². The fourth-order valence-corrected chi connectivity index (χ4v) is 3.53. The highest BCUT2D eigenvalue weighted by atomic mass is 16.5. The number of carbonyl (C=O) groups excluding carboxylic acids is 1. The summed E-state index contributed by atoms with van der Waals surface area (Å²) in [5.74, 6) is -0.684. The summed E-state index contributed by atoms with van der Waals surface area (Å²) < 4.78 is 12.5. The van der Waals surface area contributed by atoms with E-state index in [2.05, 4.69) is 10.4 Å². The van der Waals surface area contributed by atoms with E-state index in [0.29, 0.717) is 17.1 Å². The Morgan fingerprint density at radius 2 is 1.85 bits per heavy atom. The summed E-state index contributed by atoms with van der Waals surface area (Å²) in [6.07, 6.45) is -0.949. The van der Waals surface area contributed by atoms with Crippen molar-refractivity contribution in [1.82, 2.24) is 15.1 Å². The minimum atomic E-state index is -1.01. The first-order valence-electron chi connectivity index (χ1n) is 10.7. The number of amides is 1. The van der Waals surface area contributed by atoms with Crippen molar-refractivity contribution in [3.05, 3.63) is 71.4 Å². The quantitative estimate of drug-likeness (QED) is 0.490. The van der Waals surface area contributed by atoms with Crippen LogP contribution in [0.4, 0.5) is 0 Å². The molecule has 1 atom stereocenters. The molecule has 0 aliphatic heterocycles. The van der Waals surface area contributed by atoms with Gasteiger partial charge in [-0.3, -0.25) is 9.48 Å². The molecule has 3 aromatic rings. The molecule has 3 rings (SSSR count). The van der Waals surface area contributed by atoms with Gasteiger partial charge in [0.25, 0.3) is 5.91 Å². The normalized spacial score (nSPS) is 11.9. The molecule has 0 aliphatic carbocycles. The zero-order valence-corrected chi connectivity index (χ0v) is 19.2. The maximum Gasteiger partial charge on any atom is 0.333 e. The third kappa shape index (κ3) is 6.20. The number of hydrogen-bond donors (Lipinski definition) is 2. The lowest BCUT2D eigenvalue weighted by Gasteiger charge is -2.18. The number of benzene rings is 2. The summed E-state index contributed by atoms with van der Waals surface area (Å²) in [4.78, 5) is 24.4. The molecule has 0 bridgehead atoms. The standard InChI is InChI=1S/C25H29N3O5/c1-16(2)33-23(25(30)31)13-17-10-11-22(32-4)19(12-17)15-26-24(29)21-14-20(27-28(21)3)18-8-6-5-7-9-18/h5-12,14,16,23H,13,15H2,1-4H3,(H,26,29)(H,30,31). The topological polar surface area (TPSA) is 103 Å². The second kappa shape index (κ2) is 10.8. The molecule has 0 aliphatic rings. The Kier molecular flexibility index (Phi) is 7.84. The average molecular weight is 452 g/mol. The molecular formula is C25H29N3O5. The van der Waals surface area contributed by atoms with Crippen molar-refractivity contribution in [2.75, 3.05) is 7.11 Å². The van der Waals surface area contributed by atoms with Crippen LogP contribution in [-0.2, 0) is 29.5 Å². The monoisotopic (exact) mass is 451 g/mol. The molecule has 33 heavy (non-hydrogen) atoms. The molecule has 0 spiro atoms. The second-order valence-corrected chi connectivity index (χ2v) is 7.95. The number of aryl methyl sites for hydroxylation is 1. The molecule has 8 nitrogen and oxygen atoms in total. The van der Waals surface area contributed by atoms with Crippen molar-refractivity contribution >= 4 is 11.9 Å². The van der Waals surface area contributed by atoms with Crippen LogP contribution in [0, 0.1) is 0 Å². The summed E-state index contributed by atoms with van der Waals surface area (Å²) in [6.45, 7) is 3.81. The maximum absolute atomic E-state index is 12.8. The van der Waals surface area contributed by atoms with Crippen molar-refractivity contribution in [1.29, 1.82) is 0 Å². The largest absolute Gasteiger partial charge is 0.496 e. The van der Waals surface area contributed by atoms with Crippen LogP contribution in [0.25, 0.3) is 11.3 Å². The number of rotatable bonds is 10. The summed E-state index contributed by atoms with van der Waals surface area (Å²) in [5.41, 5.74) is 3.59. The van der Waals surface area contributed by atoms with Crippen LogP contribution in [0.15, 0.2) is 54.6 Å². The molecule has 0 fully saturated rings. The van der Waals surface area contributed by atoms with Gasteiger partial charge in [-0.25, -0.2) is 4.79 Å². The number of carboxylic acid groups (broad SMARTS) is 1. The van der Waals surface area contributed by atoms with Gasteiger partial charge in [0, 0.05) is 31.1 Å². The highest BCUT2D eigenvalue weighted by Crippen LogP contribution is 2.22. The Morgan fingerprint density at radius 3 is 2.48 bits per heavy atom. The SMILES string of the molecule is COc1ccc(CC(OC(C)C)C(=O)O)cc1CNC(=O)c1cc(-c2ccccc2)nn1C. The van der Waals surface area contributed by atoms with E-state index in [1.165, 1.54) is 0 Å². The van der Waals surface area contributed by atoms with E-state index in [1.54, 1.807) is 50.9 Å². The van der Waals surface area contributed by atoms with E-state index in [1.807, 2.05) is 36.4 Å². The van der Waals surface area contributed by atoms with Crippen LogP contribution in [-0.4, -0.2) is 46.1 Å². The molecule has 0 radical (unpaired) electrons. The molecular weight excluding hydrogens is 422 g/mol. The molecule has 2 N–H and O–H groups in total. The van der Waals surface area contributed by atoms with Gasteiger partial charge in [-0.2, -0.15) is 5.10 Å². The fraction of sp³-hybridized carbons (Fsp3) is 0.320. The number of methoxy groups -OCH3 is 1. The van der Waals surface area contributed by atoms with Gasteiger partial charge in [0.2, 0.25) is 0 Å². The molecule has 1 unspecified atom stereocenters. The molecule has 174 valence electrons. The van der Waals surface area contributed by atoms with Crippen LogP contribution >= 0.6 is 0 Å². The number of hydrogen-bond acceptors (Lipinski definition) is 5. The number of aliphatic carboxylic acids is 1. The lowest BCUT2D eigenvalue weighted by atomic mass is 10.0. The van der Waals surface area contributed by atoms with E-state index >= 15 is 0 Å². The van der Waals surface area contributed by atoms with Gasteiger partial charge in [0.05, 0.1) is 18.9 Å². The van der Waals surface area contributed by atoms with Crippen molar-refractivity contribution in [3.8, 4) is 17.0 Å². The molecule has 0 saturated heterocycles. The van der Waals surface area contributed by atoms with Gasteiger partial charge in [0.1, 0.15) is 11.4 Å². The third-order valence-electron chi connectivity index (χ3n) is 5.10. The Hall–Kier alpha value is -3.65. The number of carboxylic acids is 1. The molecule has 0 saturated carbocycles. The highest BCUT2D eigenvalue weighted by Gasteiger charge is 2.21. The second-order valence-electron chi connectivity index (χ2n) is 7.95. The Morgan fingerprint density at radius 1 is 1.12 bits per heavy atom. The van der Waals surface area contributed by atoms with E-state index in [4.69, 9.17) is 9.47 Å². The van der Waals surface area contributed by atoms with Crippen molar-refractivity contribution < 1.29 is 24.2 Å². The summed E-state index contributed by atoms with van der Waals surface area (Å²) in [7, 11) is 3.28. The lowest BCUT2D eigenvalue weighted by molar-refractivity contribution is -0.153. The predicted octanol–water partition coefficient (Wildman–Crippen LogP) is 3.45. The van der Waals surface area contributed by atoms with Crippen LogP contribution in [0.5, 0.6) is 5.75 Å². The molecule has 1 aromatic heterocycles. The number of nitrogens with one attached hydrogen (secondary N) is 1. The minimum absolute atomic E-state index is 0.206. The van der Waals surface area contributed by atoms with Gasteiger partial charge in [-0.15, -0.1) is 0 Å². The molecule has 2 aromatic carbocycles. The maximum atomic E-state index is 12.8. The van der Waals surface area contributed by atoms with Crippen molar-refractivity contribution in [2.24, 2.45) is 7.05 Å². The van der Waals surface area contributed by atoms with Crippen molar-refractivity contribution in [2.45, 2.75) is 39.0 Å². The fourth-order valence-electron chi connectivity index (χ4n) is 3.53. The van der Waals surface area contributed by atoms with E-state index in [0.717, 1.165) is 16.7 Å². The summed E-state index contributed by atoms with van der Waals surface area (Å²) in [5, 5.41) is 16.8. The van der Waals surface area contributed by atoms with E-state index in [-0.39, 0.29) is 25.0 Å². The van der Waals surface area contributed by atoms with E-state index in [9.17, 15) is 14.7 Å². The highest BCUT2D eigenvalue weighted by molar-refractivity contribution is 5.93. The van der Waals surface area contributed by atoms with Gasteiger partial charge in [0.15, 0.2) is 6.10 Å². The van der Waals surface area contributed by atoms with Gasteiger partial charge >= 0.3 is 5.97 Å². The number of carbonyl (C=O) groups is 2. The number of nitrogens with zero attached hydrogens (tertiary/aromatic N) is 2. The van der Waals surface area contributed by atoms with Crippen LogP contribution in [0.3, 0.4) is 0 Å². The zero-order chi connectivity index (χ0) is 24.0. The van der Waals surface area contributed by atoms with Crippen LogP contribution in [0.1, 0.15) is 35.5 Å². The lowest BCUT2D eigenvalue weighted by Crippen LogP contribution is -2.29. The molecule has 8 heteroatoms. The predicted molar refractivity (Wildman–Crippen MR) is 124 cm³/mol. The summed E-state index contributed by atoms with van der Waals surface area (Å²) >= 11 is 0. The van der Waals surface area contributed by atoms with Gasteiger partial charge in [-0.05, 0) is 31.5 Å². The molecule has 1 amide bonds. The average Bonchev–Trinajstić information content (AvgIpc) is 3.19. The van der Waals surface area contributed by atoms with Crippen LogP contribution in [0.2, 0.25) is 0 Å². The minimum Gasteiger partial charge on any atom is -0.496 e. The summed E-state index contributed by atoms with van der Waals surface area (Å²) in [6, 6.07) is 16.8. The Bertz CT molecular complexity index is 1110. The smallest absolute Gasteiger partial charge is 0.333 e. The number of aromatic nitrogens is 2. The first kappa shape index (κ1) is 24.0. The first-order valence-corrected chi connectivity index (χ1v) is 10.7. The zero-order valence-electron chi connectivity index (χ0n) is 19.2. The van der Waals surface area contributed by atoms with Gasteiger partial charge < -0.3 is 19.9 Å². The Labute approximate surface area is 193 Å². The Balaban J connectivity index is 1.74. The first-order chi connectivity index (χ1) is 15.8. The van der Waals surface area contributed by atoms with Gasteiger partial charge in [-0.1, -0.05) is 42.5 Å². The van der Waals surface area contributed by atoms with Crippen molar-refractivity contribution in [3.63, 3.8) is 0 Å². The third-order valence-corrected chi connectivity index (χ3v) is 5.10. The molecule has 1 heterocycles. The number of ether oxygens (including phenoxy) is 2.